The fourth-order valence-corrected chi connectivity index (χ4v) is 1.63. The van der Waals surface area contributed by atoms with Gasteiger partial charge in [-0.25, -0.2) is 4.39 Å². The van der Waals surface area contributed by atoms with Crippen molar-refractivity contribution in [3.63, 3.8) is 0 Å². The Morgan fingerprint density at radius 2 is 2.15 bits per heavy atom. The number of nitrogens with one attached hydrogen (secondary N) is 1. The molecule has 1 heterocycles. The fraction of sp³-hybridized carbons (Fsp3) is 0.273. The van der Waals surface area contributed by atoms with E-state index in [0.717, 1.165) is 30.6 Å². The van der Waals surface area contributed by atoms with Crippen LogP contribution in [0.25, 0.3) is 0 Å². The molecule has 0 unspecified atom stereocenters. The van der Waals surface area contributed by atoms with E-state index in [2.05, 4.69) is 11.9 Å². The molecule has 0 bridgehead atoms. The number of hydrogen-bond donors (Lipinski definition) is 1. The molecule has 0 saturated heterocycles. The molecule has 0 fully saturated rings. The normalized spacial score (nSPS) is 15.9. The zero-order valence-electron chi connectivity index (χ0n) is 7.44. The summed E-state index contributed by atoms with van der Waals surface area (Å²) in [5.41, 5.74) is 3.03. The van der Waals surface area contributed by atoms with Crippen LogP contribution in [0.2, 0.25) is 0 Å². The molecule has 68 valence electrons. The first kappa shape index (κ1) is 8.30. The molecule has 2 heteroatoms. The first-order chi connectivity index (χ1) is 6.25. The highest BCUT2D eigenvalue weighted by Gasteiger charge is 2.09. The van der Waals surface area contributed by atoms with Gasteiger partial charge in [-0.05, 0) is 37.0 Å². The summed E-state index contributed by atoms with van der Waals surface area (Å²) >= 11 is 0. The average molecular weight is 177 g/mol. The first-order valence-corrected chi connectivity index (χ1v) is 4.49. The molecule has 0 saturated carbocycles. The van der Waals surface area contributed by atoms with E-state index in [4.69, 9.17) is 0 Å². The van der Waals surface area contributed by atoms with E-state index in [1.807, 2.05) is 6.07 Å². The van der Waals surface area contributed by atoms with Crippen molar-refractivity contribution in [3.8, 4) is 0 Å². The summed E-state index contributed by atoms with van der Waals surface area (Å²) in [6, 6.07) is 4.89. The van der Waals surface area contributed by atoms with Crippen LogP contribution in [0.3, 0.4) is 0 Å². The Morgan fingerprint density at radius 3 is 3.00 bits per heavy atom. The third kappa shape index (κ3) is 1.72. The zero-order valence-corrected chi connectivity index (χ0v) is 7.44. The predicted molar refractivity (Wildman–Crippen MR) is 52.1 cm³/mol. The molecular formula is C11H12FN. The van der Waals surface area contributed by atoms with Crippen LogP contribution < -0.4 is 5.32 Å². The lowest BCUT2D eigenvalue weighted by atomic mass is 10.1. The number of benzene rings is 1. The lowest BCUT2D eigenvalue weighted by Gasteiger charge is -2.07. The van der Waals surface area contributed by atoms with Crippen LogP contribution >= 0.6 is 0 Å². The molecule has 0 aromatic heterocycles. The molecule has 1 aromatic rings. The summed E-state index contributed by atoms with van der Waals surface area (Å²) in [4.78, 5) is 0. The molecule has 0 radical (unpaired) electrons. The Balaban J connectivity index is 2.40. The van der Waals surface area contributed by atoms with Gasteiger partial charge in [0.25, 0.3) is 0 Å². The maximum Gasteiger partial charge on any atom is 0.125 e. The summed E-state index contributed by atoms with van der Waals surface area (Å²) in [6.45, 7) is 3.87. The standard InChI is InChI=1S/C11H12FN/c1-8-3-2-4-9-5-6-10(12)7-11(9)13-8/h5-7,13H,1-4H2. The third-order valence-electron chi connectivity index (χ3n) is 2.31. The average Bonchev–Trinajstić information content (AvgIpc) is 2.25. The maximum absolute atomic E-state index is 12.9. The Morgan fingerprint density at radius 1 is 1.31 bits per heavy atom. The number of rotatable bonds is 0. The molecule has 13 heavy (non-hydrogen) atoms. The van der Waals surface area contributed by atoms with Gasteiger partial charge in [0.2, 0.25) is 0 Å². The highest BCUT2D eigenvalue weighted by molar-refractivity contribution is 5.55. The van der Waals surface area contributed by atoms with Gasteiger partial charge in [0, 0.05) is 11.4 Å². The Labute approximate surface area is 77.3 Å². The molecule has 0 aliphatic carbocycles. The van der Waals surface area contributed by atoms with Crippen LogP contribution in [0.15, 0.2) is 30.5 Å². The quantitative estimate of drug-likeness (QED) is 0.642. The zero-order chi connectivity index (χ0) is 9.26. The molecule has 1 nitrogen and oxygen atoms in total. The Hall–Kier alpha value is -1.31. The molecule has 1 aromatic carbocycles. The van der Waals surface area contributed by atoms with E-state index in [1.54, 1.807) is 0 Å². The van der Waals surface area contributed by atoms with Crippen molar-refractivity contribution in [1.82, 2.24) is 0 Å². The fourth-order valence-electron chi connectivity index (χ4n) is 1.63. The van der Waals surface area contributed by atoms with Crippen molar-refractivity contribution in [2.75, 3.05) is 5.32 Å². The maximum atomic E-state index is 12.9. The van der Waals surface area contributed by atoms with Gasteiger partial charge in [0.1, 0.15) is 5.82 Å². The van der Waals surface area contributed by atoms with Crippen molar-refractivity contribution in [3.05, 3.63) is 41.9 Å². The number of anilines is 1. The van der Waals surface area contributed by atoms with E-state index in [1.165, 1.54) is 17.7 Å². The lowest BCUT2D eigenvalue weighted by Crippen LogP contribution is -1.96. The monoisotopic (exact) mass is 177 g/mol. The summed E-state index contributed by atoms with van der Waals surface area (Å²) in [6.07, 6.45) is 3.06. The van der Waals surface area contributed by atoms with Crippen molar-refractivity contribution in [2.24, 2.45) is 0 Å². The van der Waals surface area contributed by atoms with Gasteiger partial charge >= 0.3 is 0 Å². The molecule has 0 spiro atoms. The van der Waals surface area contributed by atoms with E-state index < -0.39 is 0 Å². The minimum atomic E-state index is -0.194. The van der Waals surface area contributed by atoms with Crippen LogP contribution in [0.1, 0.15) is 18.4 Å². The van der Waals surface area contributed by atoms with Gasteiger partial charge in [-0.15, -0.1) is 0 Å². The van der Waals surface area contributed by atoms with Gasteiger partial charge < -0.3 is 5.32 Å². The summed E-state index contributed by atoms with van der Waals surface area (Å²) in [7, 11) is 0. The van der Waals surface area contributed by atoms with Crippen LogP contribution in [-0.2, 0) is 6.42 Å². The molecule has 0 amide bonds. The SMILES string of the molecule is C=C1CCCc2ccc(F)cc2N1. The first-order valence-electron chi connectivity index (χ1n) is 4.49. The van der Waals surface area contributed by atoms with E-state index in [-0.39, 0.29) is 5.82 Å². The van der Waals surface area contributed by atoms with Crippen LogP contribution in [0.4, 0.5) is 10.1 Å². The largest absolute Gasteiger partial charge is 0.359 e. The molecule has 1 aliphatic rings. The minimum absolute atomic E-state index is 0.194. The van der Waals surface area contributed by atoms with Crippen LogP contribution in [-0.4, -0.2) is 0 Å². The number of hydrogen-bond acceptors (Lipinski definition) is 1. The van der Waals surface area contributed by atoms with Crippen molar-refractivity contribution in [2.45, 2.75) is 19.3 Å². The van der Waals surface area contributed by atoms with E-state index >= 15 is 0 Å². The third-order valence-corrected chi connectivity index (χ3v) is 2.31. The topological polar surface area (TPSA) is 12.0 Å². The lowest BCUT2D eigenvalue weighted by molar-refractivity contribution is 0.627. The molecule has 0 atom stereocenters. The van der Waals surface area contributed by atoms with Crippen LogP contribution in [0, 0.1) is 5.82 Å². The van der Waals surface area contributed by atoms with Crippen molar-refractivity contribution >= 4 is 5.69 Å². The second-order valence-corrected chi connectivity index (χ2v) is 3.38. The second kappa shape index (κ2) is 3.21. The number of halogens is 1. The highest BCUT2D eigenvalue weighted by Crippen LogP contribution is 2.25. The smallest absolute Gasteiger partial charge is 0.125 e. The van der Waals surface area contributed by atoms with Gasteiger partial charge in [-0.2, -0.15) is 0 Å². The van der Waals surface area contributed by atoms with E-state index in [9.17, 15) is 4.39 Å². The highest BCUT2D eigenvalue weighted by atomic mass is 19.1. The number of allylic oxidation sites excluding steroid dienone is 1. The molecule has 1 N–H and O–H groups in total. The van der Waals surface area contributed by atoms with Crippen molar-refractivity contribution < 1.29 is 4.39 Å². The van der Waals surface area contributed by atoms with Crippen LogP contribution in [0.5, 0.6) is 0 Å². The summed E-state index contributed by atoms with van der Waals surface area (Å²) in [5.74, 6) is -0.194. The Bertz CT molecular complexity index is 344. The minimum Gasteiger partial charge on any atom is -0.359 e. The van der Waals surface area contributed by atoms with Gasteiger partial charge in [0.15, 0.2) is 0 Å². The molecule has 2 rings (SSSR count). The van der Waals surface area contributed by atoms with Gasteiger partial charge in [-0.1, -0.05) is 12.6 Å². The summed E-state index contributed by atoms with van der Waals surface area (Å²) in [5, 5.41) is 3.13. The predicted octanol–water partition coefficient (Wildman–Crippen LogP) is 3.09. The molecular weight excluding hydrogens is 165 g/mol. The Kier molecular flexibility index (Phi) is 2.05. The van der Waals surface area contributed by atoms with E-state index in [0.29, 0.717) is 0 Å². The van der Waals surface area contributed by atoms with Crippen molar-refractivity contribution in [1.29, 1.82) is 0 Å². The second-order valence-electron chi connectivity index (χ2n) is 3.38. The number of fused-ring (bicyclic) bond motifs is 1. The number of aryl methyl sites for hydroxylation is 1. The van der Waals surface area contributed by atoms with Gasteiger partial charge in [-0.3, -0.25) is 0 Å². The van der Waals surface area contributed by atoms with Gasteiger partial charge in [0.05, 0.1) is 0 Å². The summed E-state index contributed by atoms with van der Waals surface area (Å²) < 4.78 is 12.9. The molecule has 1 aliphatic heterocycles.